The number of halogens is 2. The molecule has 0 amide bonds. The maximum Gasteiger partial charge on any atom is 0.293 e. The highest BCUT2D eigenvalue weighted by Crippen LogP contribution is 2.32. The van der Waals surface area contributed by atoms with Crippen LogP contribution in [0.3, 0.4) is 0 Å². The summed E-state index contributed by atoms with van der Waals surface area (Å²) in [5.74, 6) is -2.23. The normalized spacial score (nSPS) is 14.8. The second-order valence-electron chi connectivity index (χ2n) is 5.74. The van der Waals surface area contributed by atoms with Gasteiger partial charge in [0.2, 0.25) is 0 Å². The first kappa shape index (κ1) is 19.0. The van der Waals surface area contributed by atoms with Gasteiger partial charge in [-0.2, -0.15) is 0 Å². The van der Waals surface area contributed by atoms with Crippen molar-refractivity contribution in [3.05, 3.63) is 58.1 Å². The van der Waals surface area contributed by atoms with Gasteiger partial charge < -0.3 is 9.64 Å². The Morgan fingerprint density at radius 2 is 1.81 bits per heavy atom. The molecule has 0 spiro atoms. The van der Waals surface area contributed by atoms with Gasteiger partial charge in [-0.1, -0.05) is 0 Å². The van der Waals surface area contributed by atoms with E-state index in [1.54, 1.807) is 0 Å². The van der Waals surface area contributed by atoms with Crippen LogP contribution in [0.15, 0.2) is 41.3 Å². The number of benzene rings is 2. The van der Waals surface area contributed by atoms with Crippen LogP contribution in [-0.4, -0.2) is 39.6 Å². The molecule has 27 heavy (non-hydrogen) atoms. The fourth-order valence-corrected chi connectivity index (χ4v) is 3.80. The molecule has 0 aliphatic carbocycles. The van der Waals surface area contributed by atoms with Gasteiger partial charge in [0, 0.05) is 30.9 Å². The van der Waals surface area contributed by atoms with E-state index >= 15 is 0 Å². The molecule has 1 aliphatic heterocycles. The van der Waals surface area contributed by atoms with Crippen LogP contribution in [0.1, 0.15) is 0 Å². The van der Waals surface area contributed by atoms with Crippen LogP contribution < -0.4 is 9.62 Å². The zero-order chi connectivity index (χ0) is 19.6. The Kier molecular flexibility index (Phi) is 5.24. The molecular weight excluding hydrogens is 384 g/mol. The zero-order valence-electron chi connectivity index (χ0n) is 13.9. The summed E-state index contributed by atoms with van der Waals surface area (Å²) in [4.78, 5) is 11.6. The molecule has 0 saturated carbocycles. The lowest BCUT2D eigenvalue weighted by atomic mass is 10.2. The van der Waals surface area contributed by atoms with Crippen LogP contribution >= 0.6 is 0 Å². The molecule has 1 heterocycles. The SMILES string of the molecule is O=[N+]([O-])c1ccc(N2CCOCC2)cc1NS(=O)(=O)c1ccc(F)cc1F. The average Bonchev–Trinajstić information content (AvgIpc) is 2.61. The van der Waals surface area contributed by atoms with Gasteiger partial charge in [0.05, 0.1) is 18.1 Å². The van der Waals surface area contributed by atoms with Crippen molar-refractivity contribution in [1.82, 2.24) is 0 Å². The maximum atomic E-state index is 13.9. The minimum atomic E-state index is -4.50. The largest absolute Gasteiger partial charge is 0.378 e. The summed E-state index contributed by atoms with van der Waals surface area (Å²) in [7, 11) is -4.50. The first-order valence-electron chi connectivity index (χ1n) is 7.87. The van der Waals surface area contributed by atoms with Crippen molar-refractivity contribution in [2.75, 3.05) is 35.9 Å². The van der Waals surface area contributed by atoms with Crippen molar-refractivity contribution >= 4 is 27.1 Å². The van der Waals surface area contributed by atoms with Crippen molar-refractivity contribution in [2.24, 2.45) is 0 Å². The van der Waals surface area contributed by atoms with E-state index < -0.39 is 37.2 Å². The van der Waals surface area contributed by atoms with Gasteiger partial charge >= 0.3 is 0 Å². The Hall–Kier alpha value is -2.79. The van der Waals surface area contributed by atoms with Crippen molar-refractivity contribution in [1.29, 1.82) is 0 Å². The van der Waals surface area contributed by atoms with Crippen LogP contribution in [0.5, 0.6) is 0 Å². The zero-order valence-corrected chi connectivity index (χ0v) is 14.7. The lowest BCUT2D eigenvalue weighted by Gasteiger charge is -2.29. The summed E-state index contributed by atoms with van der Waals surface area (Å²) in [6.07, 6.45) is 0. The maximum absolute atomic E-state index is 13.9. The number of anilines is 2. The molecule has 0 bridgehead atoms. The van der Waals surface area contributed by atoms with Gasteiger partial charge in [-0.05, 0) is 24.3 Å². The highest BCUT2D eigenvalue weighted by molar-refractivity contribution is 7.92. The van der Waals surface area contributed by atoms with Gasteiger partial charge in [-0.15, -0.1) is 0 Å². The molecule has 0 atom stereocenters. The summed E-state index contributed by atoms with van der Waals surface area (Å²) < 4.78 is 59.1. The predicted octanol–water partition coefficient (Wildman–Crippen LogP) is 2.51. The number of rotatable bonds is 5. The van der Waals surface area contributed by atoms with E-state index in [0.29, 0.717) is 38.1 Å². The van der Waals surface area contributed by atoms with Crippen LogP contribution in [0.4, 0.5) is 25.8 Å². The third-order valence-electron chi connectivity index (χ3n) is 3.98. The van der Waals surface area contributed by atoms with E-state index in [0.717, 1.165) is 12.1 Å². The monoisotopic (exact) mass is 399 g/mol. The number of ether oxygens (including phenoxy) is 1. The second kappa shape index (κ2) is 7.45. The highest BCUT2D eigenvalue weighted by atomic mass is 32.2. The molecule has 1 fully saturated rings. The molecule has 0 aromatic heterocycles. The fraction of sp³-hybridized carbons (Fsp3) is 0.250. The van der Waals surface area contributed by atoms with Crippen molar-refractivity contribution < 1.29 is 26.9 Å². The fourth-order valence-electron chi connectivity index (χ4n) is 2.68. The summed E-state index contributed by atoms with van der Waals surface area (Å²) in [5.41, 5.74) is -0.244. The highest BCUT2D eigenvalue weighted by Gasteiger charge is 2.25. The number of nitro benzene ring substituents is 1. The number of morpholine rings is 1. The van der Waals surface area contributed by atoms with E-state index in [9.17, 15) is 27.3 Å². The third-order valence-corrected chi connectivity index (χ3v) is 5.38. The number of sulfonamides is 1. The van der Waals surface area contributed by atoms with Crippen molar-refractivity contribution in [3.63, 3.8) is 0 Å². The van der Waals surface area contributed by atoms with Crippen LogP contribution in [0, 0.1) is 21.7 Å². The molecule has 2 aromatic rings. The number of nitrogens with one attached hydrogen (secondary N) is 1. The molecule has 8 nitrogen and oxygen atoms in total. The average molecular weight is 399 g/mol. The minimum Gasteiger partial charge on any atom is -0.378 e. The summed E-state index contributed by atoms with van der Waals surface area (Å²) in [5, 5.41) is 11.3. The topological polar surface area (TPSA) is 102 Å². The van der Waals surface area contributed by atoms with Gasteiger partial charge in [-0.3, -0.25) is 14.8 Å². The third kappa shape index (κ3) is 4.14. The van der Waals surface area contributed by atoms with Crippen LogP contribution in [0.25, 0.3) is 0 Å². The lowest BCUT2D eigenvalue weighted by Crippen LogP contribution is -2.36. The second-order valence-corrected chi connectivity index (χ2v) is 7.39. The van der Waals surface area contributed by atoms with Crippen LogP contribution in [0.2, 0.25) is 0 Å². The Balaban J connectivity index is 1.99. The first-order valence-corrected chi connectivity index (χ1v) is 9.35. The number of hydrogen-bond acceptors (Lipinski definition) is 6. The van der Waals surface area contributed by atoms with Gasteiger partial charge in [0.25, 0.3) is 15.7 Å². The van der Waals surface area contributed by atoms with E-state index in [-0.39, 0.29) is 5.69 Å². The lowest BCUT2D eigenvalue weighted by molar-refractivity contribution is -0.383. The molecule has 1 aliphatic rings. The summed E-state index contributed by atoms with van der Waals surface area (Å²) >= 11 is 0. The molecule has 0 unspecified atom stereocenters. The van der Waals surface area contributed by atoms with E-state index in [2.05, 4.69) is 0 Å². The standard InChI is InChI=1S/C16H15F2N3O5S/c17-11-1-4-16(13(18)9-11)27(24,25)19-14-10-12(2-3-15(14)21(22)23)20-5-7-26-8-6-20/h1-4,9-10,19H,5-8H2. The molecular formula is C16H15F2N3O5S. The molecule has 1 saturated heterocycles. The smallest absolute Gasteiger partial charge is 0.293 e. The van der Waals surface area contributed by atoms with Crippen molar-refractivity contribution in [2.45, 2.75) is 4.90 Å². The van der Waals surface area contributed by atoms with Gasteiger partial charge in [0.1, 0.15) is 22.2 Å². The predicted molar refractivity (Wildman–Crippen MR) is 93.3 cm³/mol. The Morgan fingerprint density at radius 3 is 2.44 bits per heavy atom. The first-order chi connectivity index (χ1) is 12.8. The Morgan fingerprint density at radius 1 is 1.11 bits per heavy atom. The number of nitro groups is 1. The molecule has 144 valence electrons. The van der Waals surface area contributed by atoms with Gasteiger partial charge in [-0.25, -0.2) is 17.2 Å². The number of hydrogen-bond donors (Lipinski definition) is 1. The quantitative estimate of drug-likeness (QED) is 0.612. The molecule has 0 radical (unpaired) electrons. The van der Waals surface area contributed by atoms with E-state index in [1.165, 1.54) is 18.2 Å². The minimum absolute atomic E-state index is 0.312. The Labute approximate surface area is 153 Å². The summed E-state index contributed by atoms with van der Waals surface area (Å²) in [6, 6.07) is 5.94. The van der Waals surface area contributed by atoms with Crippen LogP contribution in [-0.2, 0) is 14.8 Å². The van der Waals surface area contributed by atoms with E-state index in [4.69, 9.17) is 4.74 Å². The van der Waals surface area contributed by atoms with Gasteiger partial charge in [0.15, 0.2) is 0 Å². The molecule has 2 aromatic carbocycles. The molecule has 1 N–H and O–H groups in total. The molecule has 3 rings (SSSR count). The Bertz CT molecular complexity index is 978. The van der Waals surface area contributed by atoms with E-state index in [1.807, 2.05) is 9.62 Å². The molecule has 11 heteroatoms. The summed E-state index contributed by atoms with van der Waals surface area (Å²) in [6.45, 7) is 2.02. The number of nitrogens with zero attached hydrogens (tertiary/aromatic N) is 2. The van der Waals surface area contributed by atoms with Crippen molar-refractivity contribution in [3.8, 4) is 0 Å².